The Balaban J connectivity index is 4.16. The van der Waals surface area contributed by atoms with E-state index in [2.05, 4.69) is 69.4 Å². The summed E-state index contributed by atoms with van der Waals surface area (Å²) >= 11 is 0. The van der Waals surface area contributed by atoms with Gasteiger partial charge in [-0.05, 0) is 44.9 Å². The highest BCUT2D eigenvalue weighted by Crippen LogP contribution is 2.15. The van der Waals surface area contributed by atoms with Crippen LogP contribution >= 0.6 is 0 Å². The van der Waals surface area contributed by atoms with E-state index in [-0.39, 0.29) is 31.6 Å². The maximum Gasteiger partial charge on any atom is 0.310 e. The van der Waals surface area contributed by atoms with Crippen LogP contribution in [0.15, 0.2) is 60.8 Å². The Morgan fingerprint density at radius 3 is 1.21 bits per heavy atom. The molecule has 5 nitrogen and oxygen atoms in total. The first-order chi connectivity index (χ1) is 27.6. The van der Waals surface area contributed by atoms with Crippen LogP contribution < -0.4 is 0 Å². The van der Waals surface area contributed by atoms with E-state index in [9.17, 15) is 9.59 Å². The van der Waals surface area contributed by atoms with Crippen molar-refractivity contribution in [3.8, 4) is 0 Å². The van der Waals surface area contributed by atoms with Gasteiger partial charge in [0.25, 0.3) is 0 Å². The summed E-state index contributed by atoms with van der Waals surface area (Å²) in [5.41, 5.74) is 0. The molecule has 0 aromatic carbocycles. The zero-order valence-electron chi connectivity index (χ0n) is 37.1. The van der Waals surface area contributed by atoms with E-state index in [1.807, 2.05) is 12.2 Å². The largest absolute Gasteiger partial charge is 0.462 e. The Morgan fingerprint density at radius 2 is 0.786 bits per heavy atom. The lowest BCUT2D eigenvalue weighted by molar-refractivity contribution is -0.162. The van der Waals surface area contributed by atoms with Crippen LogP contribution in [-0.2, 0) is 23.8 Å². The molecule has 0 aromatic heterocycles. The van der Waals surface area contributed by atoms with Crippen molar-refractivity contribution in [1.29, 1.82) is 0 Å². The molecule has 0 radical (unpaired) electrons. The van der Waals surface area contributed by atoms with Crippen LogP contribution in [0.5, 0.6) is 0 Å². The summed E-state index contributed by atoms with van der Waals surface area (Å²) in [4.78, 5) is 25.1. The molecule has 324 valence electrons. The van der Waals surface area contributed by atoms with Gasteiger partial charge in [-0.1, -0.05) is 229 Å². The Kier molecular flexibility index (Phi) is 45.0. The predicted molar refractivity (Wildman–Crippen MR) is 242 cm³/mol. The maximum atomic E-state index is 12.6. The quantitative estimate of drug-likeness (QED) is 0.0350. The van der Waals surface area contributed by atoms with E-state index in [0.717, 1.165) is 57.8 Å². The first-order valence-corrected chi connectivity index (χ1v) is 23.8. The number of hydrogen-bond acceptors (Lipinski definition) is 5. The molecule has 0 amide bonds. The lowest BCUT2D eigenvalue weighted by Crippen LogP contribution is -2.29. The second kappa shape index (κ2) is 47.0. The second-order valence-electron chi connectivity index (χ2n) is 15.7. The van der Waals surface area contributed by atoms with Crippen molar-refractivity contribution in [2.24, 2.45) is 0 Å². The fourth-order valence-corrected chi connectivity index (χ4v) is 6.59. The number of carbonyl (C=O) groups is 2. The van der Waals surface area contributed by atoms with Crippen molar-refractivity contribution >= 4 is 11.9 Å². The maximum absolute atomic E-state index is 12.6. The number of rotatable bonds is 43. The lowest BCUT2D eigenvalue weighted by atomic mass is 10.0. The number of carbonyl (C=O) groups excluding carboxylic acids is 2. The SMILES string of the molecule is CC/C=C\C/C=C\C/C=C\C/C=C\C/C=C\CC(=O)OC(COCCCCCCCC)COC(=O)CCCCCCCCCCCCCCCCCCCCC. The van der Waals surface area contributed by atoms with E-state index in [1.165, 1.54) is 135 Å². The van der Waals surface area contributed by atoms with Crippen LogP contribution in [0.25, 0.3) is 0 Å². The van der Waals surface area contributed by atoms with Crippen LogP contribution in [0.4, 0.5) is 0 Å². The Labute approximate surface area is 347 Å². The molecule has 0 bridgehead atoms. The van der Waals surface area contributed by atoms with Crippen LogP contribution in [0.2, 0.25) is 0 Å². The molecule has 0 saturated carbocycles. The van der Waals surface area contributed by atoms with Gasteiger partial charge in [-0.2, -0.15) is 0 Å². The number of allylic oxidation sites excluding steroid dienone is 9. The highest BCUT2D eigenvalue weighted by Gasteiger charge is 2.17. The minimum absolute atomic E-state index is 0.0475. The van der Waals surface area contributed by atoms with E-state index in [1.54, 1.807) is 0 Å². The minimum Gasteiger partial charge on any atom is -0.462 e. The van der Waals surface area contributed by atoms with Crippen LogP contribution in [0, 0.1) is 0 Å². The molecule has 1 unspecified atom stereocenters. The highest BCUT2D eigenvalue weighted by molar-refractivity contribution is 5.71. The Morgan fingerprint density at radius 1 is 0.411 bits per heavy atom. The molecule has 0 heterocycles. The van der Waals surface area contributed by atoms with Crippen LogP contribution in [-0.4, -0.2) is 37.9 Å². The average molecular weight is 783 g/mol. The van der Waals surface area contributed by atoms with Crippen molar-refractivity contribution in [3.05, 3.63) is 60.8 Å². The van der Waals surface area contributed by atoms with E-state index in [4.69, 9.17) is 14.2 Å². The summed E-state index contributed by atoms with van der Waals surface area (Å²) in [5.74, 6) is -0.541. The second-order valence-corrected chi connectivity index (χ2v) is 15.7. The zero-order valence-corrected chi connectivity index (χ0v) is 37.1. The molecule has 0 aromatic rings. The van der Waals surface area contributed by atoms with Gasteiger partial charge in [0, 0.05) is 13.0 Å². The van der Waals surface area contributed by atoms with Crippen molar-refractivity contribution in [3.63, 3.8) is 0 Å². The van der Waals surface area contributed by atoms with Crippen LogP contribution in [0.3, 0.4) is 0 Å². The van der Waals surface area contributed by atoms with Gasteiger partial charge in [0.1, 0.15) is 6.61 Å². The third kappa shape index (κ3) is 44.3. The van der Waals surface area contributed by atoms with E-state index in [0.29, 0.717) is 13.0 Å². The van der Waals surface area contributed by atoms with Gasteiger partial charge in [-0.25, -0.2) is 0 Å². The topological polar surface area (TPSA) is 61.8 Å². The predicted octanol–water partition coefficient (Wildman–Crippen LogP) is 15.8. The van der Waals surface area contributed by atoms with E-state index < -0.39 is 6.10 Å². The molecule has 0 aliphatic heterocycles. The molecule has 5 heteroatoms. The number of unbranched alkanes of at least 4 members (excludes halogenated alkanes) is 23. The summed E-state index contributed by atoms with van der Waals surface area (Å²) in [6, 6.07) is 0. The normalized spacial score (nSPS) is 12.7. The van der Waals surface area contributed by atoms with Gasteiger partial charge in [0.05, 0.1) is 13.0 Å². The minimum atomic E-state index is -0.584. The third-order valence-electron chi connectivity index (χ3n) is 10.1. The monoisotopic (exact) mass is 783 g/mol. The zero-order chi connectivity index (χ0) is 40.7. The molecule has 1 atom stereocenters. The fourth-order valence-electron chi connectivity index (χ4n) is 6.59. The first kappa shape index (κ1) is 53.6. The van der Waals surface area contributed by atoms with Crippen molar-refractivity contribution in [2.75, 3.05) is 19.8 Å². The fraction of sp³-hybridized carbons (Fsp3) is 0.765. The van der Waals surface area contributed by atoms with Crippen molar-refractivity contribution in [2.45, 2.75) is 232 Å². The molecule has 0 saturated heterocycles. The molecule has 0 fully saturated rings. The third-order valence-corrected chi connectivity index (χ3v) is 10.1. The summed E-state index contributed by atoms with van der Waals surface area (Å²) in [5, 5.41) is 0. The number of esters is 2. The molecule has 56 heavy (non-hydrogen) atoms. The van der Waals surface area contributed by atoms with Gasteiger partial charge in [0.15, 0.2) is 6.10 Å². The van der Waals surface area contributed by atoms with Gasteiger partial charge in [-0.3, -0.25) is 9.59 Å². The Hall–Kier alpha value is -2.40. The molecular weight excluding hydrogens is 693 g/mol. The molecule has 0 rings (SSSR count). The molecule has 0 spiro atoms. The smallest absolute Gasteiger partial charge is 0.310 e. The van der Waals surface area contributed by atoms with Crippen molar-refractivity contribution in [1.82, 2.24) is 0 Å². The average Bonchev–Trinajstić information content (AvgIpc) is 3.20. The first-order valence-electron chi connectivity index (χ1n) is 23.8. The van der Waals surface area contributed by atoms with Gasteiger partial charge >= 0.3 is 11.9 Å². The van der Waals surface area contributed by atoms with Crippen LogP contribution in [0.1, 0.15) is 226 Å². The summed E-state index contributed by atoms with van der Waals surface area (Å²) in [6.45, 7) is 7.58. The number of ether oxygens (including phenoxy) is 3. The molecule has 0 N–H and O–H groups in total. The lowest BCUT2D eigenvalue weighted by Gasteiger charge is -2.18. The van der Waals surface area contributed by atoms with Crippen molar-refractivity contribution < 1.29 is 23.8 Å². The van der Waals surface area contributed by atoms with E-state index >= 15 is 0 Å². The van der Waals surface area contributed by atoms with Gasteiger partial charge in [0.2, 0.25) is 0 Å². The van der Waals surface area contributed by atoms with Gasteiger partial charge in [-0.15, -0.1) is 0 Å². The summed E-state index contributed by atoms with van der Waals surface area (Å²) in [7, 11) is 0. The molecule has 0 aliphatic carbocycles. The molecular formula is C51H90O5. The van der Waals surface area contributed by atoms with Gasteiger partial charge < -0.3 is 14.2 Å². The summed E-state index contributed by atoms with van der Waals surface area (Å²) < 4.78 is 17.1. The molecule has 0 aliphatic rings. The standard InChI is InChI=1S/C51H90O5/c1-4-7-10-13-16-18-20-22-24-25-26-27-29-30-32-34-36-38-41-44-50(52)55-48-49(47-54-46-43-40-15-12-9-6-3)56-51(53)45-42-39-37-35-33-31-28-23-21-19-17-14-11-8-5-2/h8,11,17,19,23,28,33,35,39,42,49H,4-7,9-10,12-16,18,20-22,24-27,29-32,34,36-38,40-41,43-48H2,1-3H3/b11-8-,19-17-,28-23-,35-33-,42-39-. The Bertz CT molecular complexity index is 977. The number of hydrogen-bond donors (Lipinski definition) is 0. The highest BCUT2D eigenvalue weighted by atomic mass is 16.6. The summed E-state index contributed by atoms with van der Waals surface area (Å²) in [6.07, 6.45) is 58.4.